The molecule has 1 heterocycles. The molecule has 4 aromatic carbocycles. The number of rotatable bonds is 9. The molecule has 0 saturated heterocycles. The van der Waals surface area contributed by atoms with Crippen molar-refractivity contribution < 1.29 is 31.8 Å². The first-order chi connectivity index (χ1) is 25.1. The molecule has 274 valence electrons. The number of halogens is 6. The number of thioether (sulfide) groups is 1. The molecule has 0 amide bonds. The number of aromatic nitrogens is 2. The maximum absolute atomic E-state index is 14.4. The molecule has 7 nitrogen and oxygen atoms in total. The molecule has 0 radical (unpaired) electrons. The highest BCUT2D eigenvalue weighted by Gasteiger charge is 2.62. The van der Waals surface area contributed by atoms with Crippen LogP contribution in [0.15, 0.2) is 118 Å². The van der Waals surface area contributed by atoms with Crippen molar-refractivity contribution >= 4 is 51.8 Å². The Hall–Kier alpha value is -4.83. The van der Waals surface area contributed by atoms with Crippen molar-refractivity contribution in [3.05, 3.63) is 135 Å². The number of fused-ring (bicyclic) bond motifs is 1. The second-order valence-corrected chi connectivity index (χ2v) is 14.6. The van der Waals surface area contributed by atoms with E-state index in [0.29, 0.717) is 45.3 Å². The number of para-hydroxylation sites is 2. The molecule has 0 aliphatic heterocycles. The Labute approximate surface area is 316 Å². The fourth-order valence-corrected chi connectivity index (χ4v) is 6.75. The van der Waals surface area contributed by atoms with Gasteiger partial charge in [-0.05, 0) is 78.4 Å². The van der Waals surface area contributed by atoms with Crippen LogP contribution >= 0.6 is 35.0 Å². The first-order valence-corrected chi connectivity index (χ1v) is 17.8. The Balaban J connectivity index is 0.000000206. The lowest BCUT2D eigenvalue weighted by atomic mass is 10.1. The molecule has 53 heavy (non-hydrogen) atoms. The number of nitrogens with zero attached hydrogens (tertiary/aromatic N) is 3. The standard InChI is InChI=1S/C22H19Cl2NO3.C17H12F4N2OS/c1-22(2)17(12-19(23)24)20(22)21(26)28-18(13-25)14-7-6-10-16(11-14)27-15-8-4-3-5-9-15;1-10-6-12(18)14(7-15(10)25-8-17(19,20)21)23-9-22-13-5-3-2-4-11(13)16(23)24/h3-12,17-18,20H,1-2H3;2-7,9H,8H2,1H3/t17-,18+,20-;/m1./s1. The maximum Gasteiger partial charge on any atom is 0.398 e. The summed E-state index contributed by atoms with van der Waals surface area (Å²) in [7, 11) is 0. The average Bonchev–Trinajstić information content (AvgIpc) is 3.65. The number of alkyl halides is 3. The second kappa shape index (κ2) is 16.5. The molecular formula is C39H31Cl2F4N3O4S. The predicted molar refractivity (Wildman–Crippen MR) is 197 cm³/mol. The molecule has 5 aromatic rings. The molecule has 0 bridgehead atoms. The Kier molecular flexibility index (Phi) is 12.2. The zero-order chi connectivity index (χ0) is 38.5. The minimum atomic E-state index is -4.34. The number of nitriles is 1. The van der Waals surface area contributed by atoms with Crippen LogP contribution in [0, 0.1) is 41.3 Å². The van der Waals surface area contributed by atoms with Gasteiger partial charge in [-0.1, -0.05) is 79.5 Å². The molecular weight excluding hydrogens is 753 g/mol. The van der Waals surface area contributed by atoms with E-state index in [9.17, 15) is 32.4 Å². The van der Waals surface area contributed by atoms with E-state index in [2.05, 4.69) is 4.98 Å². The Morgan fingerprint density at radius 1 is 1.04 bits per heavy atom. The third kappa shape index (κ3) is 9.79. The van der Waals surface area contributed by atoms with Crippen molar-refractivity contribution in [2.24, 2.45) is 17.3 Å². The number of hydrogen-bond donors (Lipinski definition) is 0. The predicted octanol–water partition coefficient (Wildman–Crippen LogP) is 10.7. The van der Waals surface area contributed by atoms with Crippen molar-refractivity contribution in [1.82, 2.24) is 9.55 Å². The van der Waals surface area contributed by atoms with Gasteiger partial charge in [0.15, 0.2) is 0 Å². The SMILES string of the molecule is CC1(C)[C@H](C=C(Cl)Cl)[C@@H]1C(=O)O[C@@H](C#N)c1cccc(Oc2ccccc2)c1.Cc1cc(F)c(-n2cnc3ccccc3c2=O)cc1SCC(F)(F)F. The number of benzene rings is 4. The molecule has 1 aromatic heterocycles. The van der Waals surface area contributed by atoms with Gasteiger partial charge in [0.05, 0.1) is 28.3 Å². The molecule has 1 fully saturated rings. The molecule has 1 saturated carbocycles. The van der Waals surface area contributed by atoms with Crippen LogP contribution < -0.4 is 10.3 Å². The molecule has 1 aliphatic rings. The van der Waals surface area contributed by atoms with Crippen LogP contribution in [0.25, 0.3) is 16.6 Å². The zero-order valence-electron chi connectivity index (χ0n) is 28.4. The van der Waals surface area contributed by atoms with Crippen LogP contribution in [0.4, 0.5) is 17.6 Å². The van der Waals surface area contributed by atoms with Crippen LogP contribution in [-0.4, -0.2) is 27.4 Å². The summed E-state index contributed by atoms with van der Waals surface area (Å²) in [6.07, 6.45) is -2.55. The molecule has 14 heteroatoms. The van der Waals surface area contributed by atoms with E-state index in [1.807, 2.05) is 50.2 Å². The summed E-state index contributed by atoms with van der Waals surface area (Å²) in [5.74, 6) is -1.51. The third-order valence-electron chi connectivity index (χ3n) is 8.52. The largest absolute Gasteiger partial charge is 0.457 e. The summed E-state index contributed by atoms with van der Waals surface area (Å²) in [5.41, 5.74) is 0.453. The summed E-state index contributed by atoms with van der Waals surface area (Å²) in [4.78, 5) is 29.5. The summed E-state index contributed by atoms with van der Waals surface area (Å²) >= 11 is 12.0. The van der Waals surface area contributed by atoms with Gasteiger partial charge in [0.2, 0.25) is 6.10 Å². The van der Waals surface area contributed by atoms with Crippen molar-refractivity contribution in [3.63, 3.8) is 0 Å². The van der Waals surface area contributed by atoms with Crippen LogP contribution in [0.5, 0.6) is 11.5 Å². The van der Waals surface area contributed by atoms with Crippen molar-refractivity contribution in [3.8, 4) is 23.3 Å². The summed E-state index contributed by atoms with van der Waals surface area (Å²) < 4.78 is 64.1. The van der Waals surface area contributed by atoms with E-state index in [1.165, 1.54) is 19.3 Å². The molecule has 6 rings (SSSR count). The first kappa shape index (κ1) is 39.4. The molecule has 0 spiro atoms. The van der Waals surface area contributed by atoms with E-state index >= 15 is 0 Å². The maximum atomic E-state index is 14.4. The van der Waals surface area contributed by atoms with Gasteiger partial charge >= 0.3 is 12.1 Å². The van der Waals surface area contributed by atoms with Gasteiger partial charge in [0.25, 0.3) is 5.56 Å². The van der Waals surface area contributed by atoms with Crippen molar-refractivity contribution in [2.75, 3.05) is 5.75 Å². The quantitative estimate of drug-likeness (QED) is 0.0834. The molecule has 0 N–H and O–H groups in total. The van der Waals surface area contributed by atoms with Gasteiger partial charge < -0.3 is 9.47 Å². The zero-order valence-corrected chi connectivity index (χ0v) is 30.7. The van der Waals surface area contributed by atoms with Crippen LogP contribution in [0.2, 0.25) is 0 Å². The molecule has 1 aliphatic carbocycles. The van der Waals surface area contributed by atoms with Crippen LogP contribution in [-0.2, 0) is 9.53 Å². The Morgan fingerprint density at radius 3 is 2.40 bits per heavy atom. The molecule has 3 atom stereocenters. The Morgan fingerprint density at radius 2 is 1.72 bits per heavy atom. The third-order valence-corrected chi connectivity index (χ3v) is 10.00. The number of ether oxygens (including phenoxy) is 2. The number of hydrogen-bond acceptors (Lipinski definition) is 7. The van der Waals surface area contributed by atoms with Gasteiger partial charge in [-0.3, -0.25) is 14.2 Å². The van der Waals surface area contributed by atoms with E-state index in [1.54, 1.807) is 54.6 Å². The van der Waals surface area contributed by atoms with Gasteiger partial charge in [-0.15, -0.1) is 11.8 Å². The highest BCUT2D eigenvalue weighted by atomic mass is 35.5. The van der Waals surface area contributed by atoms with Gasteiger partial charge in [0, 0.05) is 10.5 Å². The fourth-order valence-electron chi connectivity index (χ4n) is 5.68. The monoisotopic (exact) mass is 783 g/mol. The minimum absolute atomic E-state index is 0.114. The Bertz CT molecular complexity index is 2250. The number of allylic oxidation sites excluding steroid dienone is 1. The smallest absolute Gasteiger partial charge is 0.398 e. The second-order valence-electron chi connectivity index (χ2n) is 12.6. The van der Waals surface area contributed by atoms with E-state index in [0.717, 1.165) is 10.6 Å². The topological polar surface area (TPSA) is 94.2 Å². The molecule has 0 unspecified atom stereocenters. The van der Waals surface area contributed by atoms with E-state index < -0.39 is 35.4 Å². The van der Waals surface area contributed by atoms with Crippen LogP contribution in [0.1, 0.15) is 31.1 Å². The average molecular weight is 785 g/mol. The highest BCUT2D eigenvalue weighted by Crippen LogP contribution is 2.60. The van der Waals surface area contributed by atoms with Gasteiger partial charge in [-0.25, -0.2) is 9.37 Å². The van der Waals surface area contributed by atoms with Crippen molar-refractivity contribution in [1.29, 1.82) is 5.26 Å². The highest BCUT2D eigenvalue weighted by molar-refractivity contribution is 7.99. The number of carbonyl (C=O) groups excluding carboxylic acids is 1. The van der Waals surface area contributed by atoms with Gasteiger partial charge in [-0.2, -0.15) is 18.4 Å². The fraction of sp³-hybridized carbons (Fsp3) is 0.231. The summed E-state index contributed by atoms with van der Waals surface area (Å²) in [6.45, 7) is 5.39. The lowest BCUT2D eigenvalue weighted by molar-refractivity contribution is -0.149. The van der Waals surface area contributed by atoms with Gasteiger partial charge in [0.1, 0.15) is 34.2 Å². The lowest BCUT2D eigenvalue weighted by Gasteiger charge is -2.13. The first-order valence-electron chi connectivity index (χ1n) is 16.0. The van der Waals surface area contributed by atoms with Crippen LogP contribution in [0.3, 0.4) is 0 Å². The lowest BCUT2D eigenvalue weighted by Crippen LogP contribution is -2.20. The number of esters is 1. The summed E-state index contributed by atoms with van der Waals surface area (Å²) in [6, 6.07) is 27.3. The number of carbonyl (C=O) groups is 1. The number of aryl methyl sites for hydroxylation is 1. The summed E-state index contributed by atoms with van der Waals surface area (Å²) in [5, 5.41) is 9.83. The normalized spacial score (nSPS) is 16.4. The van der Waals surface area contributed by atoms with E-state index in [4.69, 9.17) is 32.7 Å². The minimum Gasteiger partial charge on any atom is -0.457 e. The van der Waals surface area contributed by atoms with Crippen molar-refractivity contribution in [2.45, 2.75) is 37.9 Å². The van der Waals surface area contributed by atoms with E-state index in [-0.39, 0.29) is 32.3 Å².